The molecular formula is C17H30N4. The van der Waals surface area contributed by atoms with Gasteiger partial charge >= 0.3 is 0 Å². The minimum Gasteiger partial charge on any atom is -0.312 e. The molecule has 3 rings (SSSR count). The van der Waals surface area contributed by atoms with Crippen LogP contribution in [0.4, 0.5) is 0 Å². The predicted octanol–water partition coefficient (Wildman–Crippen LogP) is 2.82. The van der Waals surface area contributed by atoms with Gasteiger partial charge in [0.05, 0.1) is 5.69 Å². The molecule has 0 aromatic carbocycles. The Morgan fingerprint density at radius 1 is 1.38 bits per heavy atom. The van der Waals surface area contributed by atoms with Gasteiger partial charge in [-0.3, -0.25) is 9.58 Å². The van der Waals surface area contributed by atoms with E-state index in [4.69, 9.17) is 5.10 Å². The Hall–Kier alpha value is -0.870. The van der Waals surface area contributed by atoms with Crippen molar-refractivity contribution in [2.75, 3.05) is 13.1 Å². The van der Waals surface area contributed by atoms with Gasteiger partial charge in [-0.1, -0.05) is 6.92 Å². The third-order valence-electron chi connectivity index (χ3n) is 5.29. The summed E-state index contributed by atoms with van der Waals surface area (Å²) in [5.74, 6) is 0.926. The first-order valence-corrected chi connectivity index (χ1v) is 8.68. The highest BCUT2D eigenvalue weighted by atomic mass is 15.3. The first-order valence-electron chi connectivity index (χ1n) is 8.68. The normalized spacial score (nSPS) is 29.3. The zero-order valence-corrected chi connectivity index (χ0v) is 13.8. The van der Waals surface area contributed by atoms with Gasteiger partial charge in [0.25, 0.3) is 0 Å². The first-order chi connectivity index (χ1) is 10.2. The van der Waals surface area contributed by atoms with Gasteiger partial charge in [-0.2, -0.15) is 5.10 Å². The van der Waals surface area contributed by atoms with Crippen molar-refractivity contribution in [3.8, 4) is 0 Å². The number of hydrogen-bond donors (Lipinski definition) is 1. The molecule has 2 heterocycles. The molecular weight excluding hydrogens is 260 g/mol. The zero-order chi connectivity index (χ0) is 14.8. The lowest BCUT2D eigenvalue weighted by atomic mass is 10.1. The number of nitrogens with one attached hydrogen (secondary N) is 1. The third-order valence-corrected chi connectivity index (χ3v) is 5.29. The van der Waals surface area contributed by atoms with E-state index >= 15 is 0 Å². The van der Waals surface area contributed by atoms with E-state index in [-0.39, 0.29) is 0 Å². The maximum Gasteiger partial charge on any atom is 0.0765 e. The summed E-state index contributed by atoms with van der Waals surface area (Å²) in [5.41, 5.74) is 1.22. The molecule has 3 unspecified atom stereocenters. The van der Waals surface area contributed by atoms with E-state index in [2.05, 4.69) is 47.9 Å². The van der Waals surface area contributed by atoms with Gasteiger partial charge in [-0.05, 0) is 58.1 Å². The summed E-state index contributed by atoms with van der Waals surface area (Å²) in [7, 11) is 0. The largest absolute Gasteiger partial charge is 0.312 e. The van der Waals surface area contributed by atoms with E-state index in [0.29, 0.717) is 18.1 Å². The van der Waals surface area contributed by atoms with Crippen LogP contribution in [0.25, 0.3) is 0 Å². The molecule has 2 aliphatic rings. The van der Waals surface area contributed by atoms with Crippen molar-refractivity contribution < 1.29 is 0 Å². The molecule has 1 saturated heterocycles. The molecule has 3 atom stereocenters. The number of rotatable bonds is 5. The Morgan fingerprint density at radius 2 is 2.19 bits per heavy atom. The molecule has 1 aromatic rings. The Morgan fingerprint density at radius 3 is 2.90 bits per heavy atom. The molecule has 0 radical (unpaired) electrons. The van der Waals surface area contributed by atoms with Gasteiger partial charge in [0, 0.05) is 37.4 Å². The van der Waals surface area contributed by atoms with Crippen LogP contribution < -0.4 is 5.32 Å². The second kappa shape index (κ2) is 6.49. The highest BCUT2D eigenvalue weighted by molar-refractivity contribution is 5.01. The summed E-state index contributed by atoms with van der Waals surface area (Å²) in [6.45, 7) is 10.2. The molecule has 1 aliphatic carbocycles. The van der Waals surface area contributed by atoms with Gasteiger partial charge in [0.15, 0.2) is 0 Å². The monoisotopic (exact) mass is 290 g/mol. The molecule has 1 aliphatic heterocycles. The minimum absolute atomic E-state index is 0.501. The molecule has 21 heavy (non-hydrogen) atoms. The lowest BCUT2D eigenvalue weighted by Gasteiger charge is -2.28. The molecule has 4 heteroatoms. The summed E-state index contributed by atoms with van der Waals surface area (Å²) in [6.07, 6.45) is 7.36. The smallest absolute Gasteiger partial charge is 0.0765 e. The van der Waals surface area contributed by atoms with E-state index < -0.39 is 0 Å². The molecule has 4 nitrogen and oxygen atoms in total. The quantitative estimate of drug-likeness (QED) is 0.905. The lowest BCUT2D eigenvalue weighted by Crippen LogP contribution is -2.41. The van der Waals surface area contributed by atoms with Crippen molar-refractivity contribution in [2.24, 2.45) is 5.92 Å². The van der Waals surface area contributed by atoms with Gasteiger partial charge < -0.3 is 5.32 Å². The minimum atomic E-state index is 0.501. The molecule has 118 valence electrons. The maximum absolute atomic E-state index is 4.78. The van der Waals surface area contributed by atoms with Crippen molar-refractivity contribution in [2.45, 2.75) is 71.1 Å². The van der Waals surface area contributed by atoms with Crippen LogP contribution >= 0.6 is 0 Å². The van der Waals surface area contributed by atoms with Gasteiger partial charge in [-0.15, -0.1) is 0 Å². The van der Waals surface area contributed by atoms with E-state index in [9.17, 15) is 0 Å². The average Bonchev–Trinajstić information content (AvgIpc) is 3.25. The van der Waals surface area contributed by atoms with E-state index in [1.165, 1.54) is 38.0 Å². The van der Waals surface area contributed by atoms with Crippen molar-refractivity contribution in [1.29, 1.82) is 0 Å². The summed E-state index contributed by atoms with van der Waals surface area (Å²) < 4.78 is 2.12. The van der Waals surface area contributed by atoms with E-state index in [0.717, 1.165) is 18.9 Å². The SMILES string of the molecule is CCC(C)n1ccc(CN2CC(C3CC3)NCCC2C)n1. The molecule has 0 amide bonds. The van der Waals surface area contributed by atoms with Crippen LogP contribution in [0.2, 0.25) is 0 Å². The molecule has 1 aromatic heterocycles. The van der Waals surface area contributed by atoms with Gasteiger partial charge in [0.2, 0.25) is 0 Å². The summed E-state index contributed by atoms with van der Waals surface area (Å²) in [4.78, 5) is 2.63. The highest BCUT2D eigenvalue weighted by Crippen LogP contribution is 2.34. The first kappa shape index (κ1) is 15.0. The van der Waals surface area contributed by atoms with Gasteiger partial charge in [0.1, 0.15) is 0 Å². The van der Waals surface area contributed by atoms with Crippen LogP contribution in [-0.2, 0) is 6.54 Å². The highest BCUT2D eigenvalue weighted by Gasteiger charge is 2.34. The zero-order valence-electron chi connectivity index (χ0n) is 13.8. The van der Waals surface area contributed by atoms with Crippen LogP contribution in [0.15, 0.2) is 12.3 Å². The van der Waals surface area contributed by atoms with Crippen LogP contribution in [0, 0.1) is 5.92 Å². The van der Waals surface area contributed by atoms with E-state index in [1.54, 1.807) is 0 Å². The standard InChI is InChI=1S/C17H30N4/c1-4-13(2)21-10-8-16(19-21)11-20-12-17(15-5-6-15)18-9-7-14(20)3/h8,10,13-15,17-18H,4-7,9,11-12H2,1-3H3. The number of nitrogens with zero attached hydrogens (tertiary/aromatic N) is 3. The molecule has 1 saturated carbocycles. The fraction of sp³-hybridized carbons (Fsp3) is 0.824. The summed E-state index contributed by atoms with van der Waals surface area (Å²) in [6, 6.07) is 4.05. The Bertz CT molecular complexity index is 451. The second-order valence-electron chi connectivity index (χ2n) is 7.01. The fourth-order valence-electron chi connectivity index (χ4n) is 3.29. The third kappa shape index (κ3) is 3.67. The van der Waals surface area contributed by atoms with Crippen molar-refractivity contribution >= 4 is 0 Å². The Kier molecular flexibility index (Phi) is 4.65. The predicted molar refractivity (Wildman–Crippen MR) is 86.2 cm³/mol. The van der Waals surface area contributed by atoms with Crippen LogP contribution in [0.5, 0.6) is 0 Å². The Labute approximate surface area is 128 Å². The maximum atomic E-state index is 4.78. The summed E-state index contributed by atoms with van der Waals surface area (Å²) >= 11 is 0. The average molecular weight is 290 g/mol. The van der Waals surface area contributed by atoms with Gasteiger partial charge in [-0.25, -0.2) is 0 Å². The second-order valence-corrected chi connectivity index (χ2v) is 7.01. The molecule has 0 bridgehead atoms. The van der Waals surface area contributed by atoms with Crippen LogP contribution in [-0.4, -0.2) is 39.9 Å². The number of hydrogen-bond acceptors (Lipinski definition) is 3. The number of aromatic nitrogens is 2. The molecule has 0 spiro atoms. The van der Waals surface area contributed by atoms with E-state index in [1.807, 2.05) is 0 Å². The Balaban J connectivity index is 1.64. The molecule has 2 fully saturated rings. The van der Waals surface area contributed by atoms with Crippen LogP contribution in [0.3, 0.4) is 0 Å². The molecule has 1 N–H and O–H groups in total. The topological polar surface area (TPSA) is 33.1 Å². The van der Waals surface area contributed by atoms with Crippen LogP contribution in [0.1, 0.15) is 58.2 Å². The fourth-order valence-corrected chi connectivity index (χ4v) is 3.29. The van der Waals surface area contributed by atoms with Crippen molar-refractivity contribution in [1.82, 2.24) is 20.0 Å². The van der Waals surface area contributed by atoms with Crippen molar-refractivity contribution in [3.05, 3.63) is 18.0 Å². The van der Waals surface area contributed by atoms with Crippen molar-refractivity contribution in [3.63, 3.8) is 0 Å². The summed E-state index contributed by atoms with van der Waals surface area (Å²) in [5, 5.41) is 8.54. The lowest BCUT2D eigenvalue weighted by molar-refractivity contribution is 0.188.